The largest absolute Gasteiger partial charge is 0.494 e. The lowest BCUT2D eigenvalue weighted by Crippen LogP contribution is -2.30. The maximum Gasteiger partial charge on any atom is 0.121 e. The molecule has 1 aliphatic rings. The molecule has 3 rings (SSSR count). The number of hydrogen-bond acceptors (Lipinski definition) is 3. The minimum atomic E-state index is 0.771. The summed E-state index contributed by atoms with van der Waals surface area (Å²) in [5.74, 6) is 1.70. The van der Waals surface area contributed by atoms with Crippen LogP contribution in [0.5, 0.6) is 5.75 Å². The van der Waals surface area contributed by atoms with Crippen molar-refractivity contribution in [3.05, 3.63) is 36.5 Å². The first-order valence-electron chi connectivity index (χ1n) is 7.10. The van der Waals surface area contributed by atoms with Gasteiger partial charge in [-0.05, 0) is 56.5 Å². The van der Waals surface area contributed by atoms with Gasteiger partial charge < -0.3 is 10.1 Å². The van der Waals surface area contributed by atoms with Crippen molar-refractivity contribution in [3.8, 4) is 5.75 Å². The number of nitrogens with zero attached hydrogens (tertiary/aromatic N) is 1. The minimum absolute atomic E-state index is 0.771. The standard InChI is InChI=1S/C16H20N2O/c1-3-13(12-17-8-1)7-10-19-15-6-5-14-4-2-9-18-16(14)11-15/h2,4-6,9,11,13,17H,1,3,7-8,10,12H2. The lowest BCUT2D eigenvalue weighted by atomic mass is 9.97. The lowest BCUT2D eigenvalue weighted by molar-refractivity contribution is 0.254. The zero-order chi connectivity index (χ0) is 12.9. The van der Waals surface area contributed by atoms with E-state index in [9.17, 15) is 0 Å². The fourth-order valence-corrected chi connectivity index (χ4v) is 2.65. The molecule has 0 spiro atoms. The highest BCUT2D eigenvalue weighted by Gasteiger charge is 2.12. The number of piperidine rings is 1. The van der Waals surface area contributed by atoms with E-state index in [-0.39, 0.29) is 0 Å². The summed E-state index contributed by atoms with van der Waals surface area (Å²) in [7, 11) is 0. The summed E-state index contributed by atoms with van der Waals surface area (Å²) in [5.41, 5.74) is 0.999. The molecule has 1 aromatic carbocycles. The first kappa shape index (κ1) is 12.4. The molecule has 0 aliphatic carbocycles. The number of ether oxygens (including phenoxy) is 1. The van der Waals surface area contributed by atoms with Gasteiger partial charge in [0.1, 0.15) is 5.75 Å². The highest BCUT2D eigenvalue weighted by Crippen LogP contribution is 2.20. The Hall–Kier alpha value is -1.61. The van der Waals surface area contributed by atoms with E-state index in [1.165, 1.54) is 19.4 Å². The van der Waals surface area contributed by atoms with E-state index in [1.54, 1.807) is 0 Å². The summed E-state index contributed by atoms with van der Waals surface area (Å²) in [5, 5.41) is 4.60. The number of benzene rings is 1. The van der Waals surface area contributed by atoms with Crippen LogP contribution in [0.3, 0.4) is 0 Å². The predicted molar refractivity (Wildman–Crippen MR) is 77.4 cm³/mol. The van der Waals surface area contributed by atoms with Crippen molar-refractivity contribution in [2.45, 2.75) is 19.3 Å². The SMILES string of the molecule is c1cnc2cc(OCCC3CCCNC3)ccc2c1. The van der Waals surface area contributed by atoms with Gasteiger partial charge >= 0.3 is 0 Å². The van der Waals surface area contributed by atoms with Gasteiger partial charge in [-0.25, -0.2) is 0 Å². The van der Waals surface area contributed by atoms with E-state index in [2.05, 4.69) is 22.4 Å². The predicted octanol–water partition coefficient (Wildman–Crippen LogP) is 3.00. The third-order valence-corrected chi connectivity index (χ3v) is 3.77. The Morgan fingerprint density at radius 3 is 3.21 bits per heavy atom. The van der Waals surface area contributed by atoms with Crippen LogP contribution in [0.15, 0.2) is 36.5 Å². The Labute approximate surface area is 114 Å². The molecule has 0 bridgehead atoms. The van der Waals surface area contributed by atoms with Crippen molar-refractivity contribution in [1.82, 2.24) is 10.3 Å². The number of rotatable bonds is 4. The second-order valence-electron chi connectivity index (χ2n) is 5.21. The van der Waals surface area contributed by atoms with Gasteiger partial charge in [0.15, 0.2) is 0 Å². The smallest absolute Gasteiger partial charge is 0.121 e. The molecule has 1 saturated heterocycles. The van der Waals surface area contributed by atoms with E-state index in [0.29, 0.717) is 0 Å². The topological polar surface area (TPSA) is 34.1 Å². The second kappa shape index (κ2) is 6.02. The molecule has 0 saturated carbocycles. The van der Waals surface area contributed by atoms with Gasteiger partial charge in [0.25, 0.3) is 0 Å². The fraction of sp³-hybridized carbons (Fsp3) is 0.438. The van der Waals surface area contributed by atoms with Crippen LogP contribution in [-0.2, 0) is 0 Å². The van der Waals surface area contributed by atoms with Crippen LogP contribution in [0, 0.1) is 5.92 Å². The molecule has 2 heterocycles. The van der Waals surface area contributed by atoms with Gasteiger partial charge in [0, 0.05) is 17.6 Å². The molecule has 3 nitrogen and oxygen atoms in total. The number of hydrogen-bond donors (Lipinski definition) is 1. The molecule has 1 aliphatic heterocycles. The van der Waals surface area contributed by atoms with E-state index in [0.717, 1.165) is 42.1 Å². The zero-order valence-electron chi connectivity index (χ0n) is 11.1. The highest BCUT2D eigenvalue weighted by molar-refractivity contribution is 5.79. The molecule has 100 valence electrons. The summed E-state index contributed by atoms with van der Waals surface area (Å²) in [6.07, 6.45) is 5.58. The van der Waals surface area contributed by atoms with Crippen LogP contribution in [0.25, 0.3) is 10.9 Å². The van der Waals surface area contributed by atoms with Crippen molar-refractivity contribution in [2.24, 2.45) is 5.92 Å². The molecule has 2 aromatic rings. The summed E-state index contributed by atoms with van der Waals surface area (Å²) >= 11 is 0. The summed E-state index contributed by atoms with van der Waals surface area (Å²) in [4.78, 5) is 4.35. The first-order chi connectivity index (χ1) is 9.42. The van der Waals surface area contributed by atoms with Crippen LogP contribution in [0.2, 0.25) is 0 Å². The molecule has 1 aromatic heterocycles. The van der Waals surface area contributed by atoms with Crippen molar-refractivity contribution in [3.63, 3.8) is 0 Å². The van der Waals surface area contributed by atoms with E-state index in [1.807, 2.05) is 24.4 Å². The molecule has 0 amide bonds. The van der Waals surface area contributed by atoms with E-state index in [4.69, 9.17) is 4.74 Å². The highest BCUT2D eigenvalue weighted by atomic mass is 16.5. The van der Waals surface area contributed by atoms with Gasteiger partial charge in [0.05, 0.1) is 12.1 Å². The molecule has 1 atom stereocenters. The molecule has 19 heavy (non-hydrogen) atoms. The molecule has 1 fully saturated rings. The number of nitrogens with one attached hydrogen (secondary N) is 1. The number of pyridine rings is 1. The average Bonchev–Trinajstić information content (AvgIpc) is 2.48. The Bertz CT molecular complexity index is 535. The van der Waals surface area contributed by atoms with Crippen molar-refractivity contribution < 1.29 is 4.74 Å². The van der Waals surface area contributed by atoms with Crippen LogP contribution in [0.4, 0.5) is 0 Å². The quantitative estimate of drug-likeness (QED) is 0.913. The summed E-state index contributed by atoms with van der Waals surface area (Å²) in [6, 6.07) is 10.1. The molecule has 3 heteroatoms. The number of aromatic nitrogens is 1. The first-order valence-corrected chi connectivity index (χ1v) is 7.10. The van der Waals surface area contributed by atoms with Crippen LogP contribution in [-0.4, -0.2) is 24.7 Å². The van der Waals surface area contributed by atoms with Crippen LogP contribution in [0.1, 0.15) is 19.3 Å². The fourth-order valence-electron chi connectivity index (χ4n) is 2.65. The normalized spacial score (nSPS) is 19.5. The number of fused-ring (bicyclic) bond motifs is 1. The molecule has 1 N–H and O–H groups in total. The average molecular weight is 256 g/mol. The van der Waals surface area contributed by atoms with Gasteiger partial charge in [-0.2, -0.15) is 0 Å². The summed E-state index contributed by atoms with van der Waals surface area (Å²) < 4.78 is 5.85. The van der Waals surface area contributed by atoms with Gasteiger partial charge in [0.2, 0.25) is 0 Å². The maximum atomic E-state index is 5.85. The third kappa shape index (κ3) is 3.24. The van der Waals surface area contributed by atoms with Gasteiger partial charge in [-0.15, -0.1) is 0 Å². The van der Waals surface area contributed by atoms with Crippen LogP contribution < -0.4 is 10.1 Å². The second-order valence-corrected chi connectivity index (χ2v) is 5.21. The molecule has 1 unspecified atom stereocenters. The molecular formula is C16H20N2O. The Kier molecular flexibility index (Phi) is 3.94. The van der Waals surface area contributed by atoms with Crippen molar-refractivity contribution >= 4 is 10.9 Å². The molecular weight excluding hydrogens is 236 g/mol. The van der Waals surface area contributed by atoms with E-state index >= 15 is 0 Å². The Morgan fingerprint density at radius 1 is 1.32 bits per heavy atom. The Morgan fingerprint density at radius 2 is 2.32 bits per heavy atom. The van der Waals surface area contributed by atoms with Crippen molar-refractivity contribution in [2.75, 3.05) is 19.7 Å². The van der Waals surface area contributed by atoms with Gasteiger partial charge in [-0.3, -0.25) is 4.98 Å². The summed E-state index contributed by atoms with van der Waals surface area (Å²) in [6.45, 7) is 3.11. The van der Waals surface area contributed by atoms with Gasteiger partial charge in [-0.1, -0.05) is 6.07 Å². The van der Waals surface area contributed by atoms with E-state index < -0.39 is 0 Å². The maximum absolute atomic E-state index is 5.85. The van der Waals surface area contributed by atoms with Crippen LogP contribution >= 0.6 is 0 Å². The Balaban J connectivity index is 1.56. The third-order valence-electron chi connectivity index (χ3n) is 3.77. The zero-order valence-corrected chi connectivity index (χ0v) is 11.1. The lowest BCUT2D eigenvalue weighted by Gasteiger charge is -2.22. The minimum Gasteiger partial charge on any atom is -0.494 e. The van der Waals surface area contributed by atoms with Crippen molar-refractivity contribution in [1.29, 1.82) is 0 Å². The molecule has 0 radical (unpaired) electrons. The monoisotopic (exact) mass is 256 g/mol.